The molecule has 1 saturated heterocycles. The number of carbonyl (C=O) groups excluding carboxylic acids is 1. The topological polar surface area (TPSA) is 50.8 Å². The van der Waals surface area contributed by atoms with Gasteiger partial charge in [-0.15, -0.1) is 0 Å². The number of nitrogens with one attached hydrogen (secondary N) is 1. The Morgan fingerprint density at radius 2 is 2.20 bits per heavy atom. The van der Waals surface area contributed by atoms with Gasteiger partial charge in [0.05, 0.1) is 13.7 Å². The number of nitrogens with zero attached hydrogens (tertiary/aromatic N) is 1. The van der Waals surface area contributed by atoms with Crippen LogP contribution in [0.15, 0.2) is 18.2 Å². The molecule has 1 heterocycles. The number of alkyl halides is 2. The van der Waals surface area contributed by atoms with Crippen molar-refractivity contribution >= 4 is 5.91 Å². The maximum absolute atomic E-state index is 12.2. The van der Waals surface area contributed by atoms with Crippen molar-refractivity contribution in [2.24, 2.45) is 0 Å². The number of amides is 1. The third kappa shape index (κ3) is 3.80. The second kappa shape index (κ2) is 6.51. The minimum atomic E-state index is -2.89. The maximum Gasteiger partial charge on any atom is 0.387 e. The zero-order valence-electron chi connectivity index (χ0n) is 11.1. The molecule has 20 heavy (non-hydrogen) atoms. The van der Waals surface area contributed by atoms with Gasteiger partial charge in [0.15, 0.2) is 11.5 Å². The summed E-state index contributed by atoms with van der Waals surface area (Å²) in [7, 11) is 1.39. The van der Waals surface area contributed by atoms with Gasteiger partial charge in [0, 0.05) is 19.6 Å². The molecular weight excluding hydrogens is 270 g/mol. The molecule has 1 fully saturated rings. The quantitative estimate of drug-likeness (QED) is 0.884. The van der Waals surface area contributed by atoms with E-state index in [0.29, 0.717) is 19.6 Å². The van der Waals surface area contributed by atoms with Crippen LogP contribution in [0.2, 0.25) is 0 Å². The predicted molar refractivity (Wildman–Crippen MR) is 67.9 cm³/mol. The van der Waals surface area contributed by atoms with E-state index in [1.54, 1.807) is 12.1 Å². The Hall–Kier alpha value is -1.89. The number of carbonyl (C=O) groups is 1. The van der Waals surface area contributed by atoms with E-state index in [4.69, 9.17) is 4.74 Å². The molecule has 5 nitrogen and oxygen atoms in total. The first-order valence-electron chi connectivity index (χ1n) is 6.19. The van der Waals surface area contributed by atoms with Crippen LogP contribution in [0.25, 0.3) is 0 Å². The Morgan fingerprint density at radius 3 is 2.85 bits per heavy atom. The lowest BCUT2D eigenvalue weighted by Crippen LogP contribution is -2.47. The average Bonchev–Trinajstić information content (AvgIpc) is 2.40. The minimum Gasteiger partial charge on any atom is -0.493 e. The van der Waals surface area contributed by atoms with Crippen LogP contribution in [0.5, 0.6) is 11.5 Å². The maximum atomic E-state index is 12.2. The van der Waals surface area contributed by atoms with Gasteiger partial charge in [-0.1, -0.05) is 6.07 Å². The van der Waals surface area contributed by atoms with Crippen LogP contribution in [-0.4, -0.2) is 44.2 Å². The van der Waals surface area contributed by atoms with Crippen molar-refractivity contribution in [2.45, 2.75) is 13.2 Å². The number of piperazine rings is 1. The highest BCUT2D eigenvalue weighted by Gasteiger charge is 2.17. The first-order chi connectivity index (χ1) is 9.58. The standard InChI is InChI=1S/C13H16F2N2O3/c1-19-11-6-9(2-3-10(11)20-13(14)15)7-17-5-4-16-12(18)8-17/h2-3,6,13H,4-5,7-8H2,1H3,(H,16,18). The van der Waals surface area contributed by atoms with E-state index in [1.807, 2.05) is 4.90 Å². The van der Waals surface area contributed by atoms with Gasteiger partial charge in [0.25, 0.3) is 0 Å². The van der Waals surface area contributed by atoms with Gasteiger partial charge in [-0.05, 0) is 17.7 Å². The van der Waals surface area contributed by atoms with Crippen LogP contribution in [0.3, 0.4) is 0 Å². The molecule has 0 saturated carbocycles. The monoisotopic (exact) mass is 286 g/mol. The molecule has 1 aromatic rings. The van der Waals surface area contributed by atoms with Gasteiger partial charge < -0.3 is 14.8 Å². The van der Waals surface area contributed by atoms with Gasteiger partial charge >= 0.3 is 6.61 Å². The summed E-state index contributed by atoms with van der Waals surface area (Å²) in [5, 5.41) is 2.74. The molecule has 7 heteroatoms. The van der Waals surface area contributed by atoms with E-state index in [9.17, 15) is 13.6 Å². The lowest BCUT2D eigenvalue weighted by Gasteiger charge is -2.26. The molecule has 0 radical (unpaired) electrons. The molecule has 0 atom stereocenters. The van der Waals surface area contributed by atoms with E-state index in [-0.39, 0.29) is 17.4 Å². The van der Waals surface area contributed by atoms with Crippen molar-refractivity contribution in [3.8, 4) is 11.5 Å². The molecule has 0 spiro atoms. The second-order valence-corrected chi connectivity index (χ2v) is 4.42. The molecular formula is C13H16F2N2O3. The zero-order chi connectivity index (χ0) is 14.5. The third-order valence-corrected chi connectivity index (χ3v) is 2.97. The smallest absolute Gasteiger partial charge is 0.387 e. The first kappa shape index (κ1) is 14.5. The minimum absolute atomic E-state index is 0.00244. The number of rotatable bonds is 5. The van der Waals surface area contributed by atoms with E-state index in [0.717, 1.165) is 12.1 Å². The summed E-state index contributed by atoms with van der Waals surface area (Å²) in [6.45, 7) is -0.636. The van der Waals surface area contributed by atoms with Gasteiger partial charge in [-0.3, -0.25) is 9.69 Å². The summed E-state index contributed by atoms with van der Waals surface area (Å²) >= 11 is 0. The summed E-state index contributed by atoms with van der Waals surface area (Å²) in [5.41, 5.74) is 0.873. The van der Waals surface area contributed by atoms with Crippen molar-refractivity contribution < 1.29 is 23.0 Å². The molecule has 1 amide bonds. The van der Waals surface area contributed by atoms with Crippen molar-refractivity contribution in [3.63, 3.8) is 0 Å². The molecule has 2 rings (SSSR count). The molecule has 0 aliphatic carbocycles. The Labute approximate surface area is 115 Å². The summed E-state index contributed by atoms with van der Waals surface area (Å²) < 4.78 is 33.8. The first-order valence-corrected chi connectivity index (χ1v) is 6.19. The van der Waals surface area contributed by atoms with Crippen molar-refractivity contribution in [2.75, 3.05) is 26.7 Å². The fourth-order valence-electron chi connectivity index (χ4n) is 2.09. The largest absolute Gasteiger partial charge is 0.493 e. The number of halogens is 2. The lowest BCUT2D eigenvalue weighted by atomic mass is 10.1. The molecule has 0 unspecified atom stereocenters. The van der Waals surface area contributed by atoms with Crippen LogP contribution in [-0.2, 0) is 11.3 Å². The fraction of sp³-hybridized carbons (Fsp3) is 0.462. The number of hydrogen-bond acceptors (Lipinski definition) is 4. The van der Waals surface area contributed by atoms with Crippen molar-refractivity contribution in [1.82, 2.24) is 10.2 Å². The number of ether oxygens (including phenoxy) is 2. The number of benzene rings is 1. The second-order valence-electron chi connectivity index (χ2n) is 4.42. The normalized spacial score (nSPS) is 16.1. The van der Waals surface area contributed by atoms with Crippen LogP contribution in [0, 0.1) is 0 Å². The number of hydrogen-bond donors (Lipinski definition) is 1. The molecule has 0 aromatic heterocycles. The van der Waals surface area contributed by atoms with Crippen LogP contribution < -0.4 is 14.8 Å². The van der Waals surface area contributed by atoms with Gasteiger partial charge in [0.1, 0.15) is 0 Å². The average molecular weight is 286 g/mol. The summed E-state index contributed by atoms with van der Waals surface area (Å²) in [4.78, 5) is 13.3. The summed E-state index contributed by atoms with van der Waals surface area (Å²) in [5.74, 6) is 0.243. The van der Waals surface area contributed by atoms with E-state index in [2.05, 4.69) is 10.1 Å². The Balaban J connectivity index is 2.06. The van der Waals surface area contributed by atoms with E-state index >= 15 is 0 Å². The highest BCUT2D eigenvalue weighted by atomic mass is 19.3. The Kier molecular flexibility index (Phi) is 4.73. The Morgan fingerprint density at radius 1 is 1.40 bits per heavy atom. The van der Waals surface area contributed by atoms with Crippen molar-refractivity contribution in [1.29, 1.82) is 0 Å². The van der Waals surface area contributed by atoms with Gasteiger partial charge in [-0.2, -0.15) is 8.78 Å². The molecule has 1 aliphatic rings. The Bertz CT molecular complexity index is 483. The van der Waals surface area contributed by atoms with E-state index < -0.39 is 6.61 Å². The summed E-state index contributed by atoms with van der Waals surface area (Å²) in [6, 6.07) is 4.78. The summed E-state index contributed by atoms with van der Waals surface area (Å²) in [6.07, 6.45) is 0. The number of methoxy groups -OCH3 is 1. The highest BCUT2D eigenvalue weighted by Crippen LogP contribution is 2.29. The lowest BCUT2D eigenvalue weighted by molar-refractivity contribution is -0.124. The third-order valence-electron chi connectivity index (χ3n) is 2.97. The SMILES string of the molecule is COc1cc(CN2CCNC(=O)C2)ccc1OC(F)F. The molecule has 1 N–H and O–H groups in total. The van der Waals surface area contributed by atoms with Gasteiger partial charge in [0.2, 0.25) is 5.91 Å². The fourth-order valence-corrected chi connectivity index (χ4v) is 2.09. The highest BCUT2D eigenvalue weighted by molar-refractivity contribution is 5.78. The molecule has 0 bridgehead atoms. The molecule has 110 valence electrons. The van der Waals surface area contributed by atoms with Crippen LogP contribution in [0.1, 0.15) is 5.56 Å². The van der Waals surface area contributed by atoms with E-state index in [1.165, 1.54) is 13.2 Å². The zero-order valence-corrected chi connectivity index (χ0v) is 11.1. The van der Waals surface area contributed by atoms with Gasteiger partial charge in [-0.25, -0.2) is 0 Å². The van der Waals surface area contributed by atoms with Crippen LogP contribution in [0.4, 0.5) is 8.78 Å². The molecule has 1 aromatic carbocycles. The van der Waals surface area contributed by atoms with Crippen molar-refractivity contribution in [3.05, 3.63) is 23.8 Å². The predicted octanol–water partition coefficient (Wildman–Crippen LogP) is 1.23. The molecule has 1 aliphatic heterocycles. The van der Waals surface area contributed by atoms with Crippen LogP contribution >= 0.6 is 0 Å².